The van der Waals surface area contributed by atoms with E-state index in [9.17, 15) is 27.9 Å². The number of aromatic carboxylic acids is 1. The summed E-state index contributed by atoms with van der Waals surface area (Å²) in [6.07, 6.45) is -4.90. The topological polar surface area (TPSA) is 86.0 Å². The van der Waals surface area contributed by atoms with Gasteiger partial charge < -0.3 is 19.0 Å². The highest BCUT2D eigenvalue weighted by Crippen LogP contribution is 2.37. The summed E-state index contributed by atoms with van der Waals surface area (Å²) in [5, 5.41) is 8.63. The lowest BCUT2D eigenvalue weighted by Crippen LogP contribution is -2.14. The van der Waals surface area contributed by atoms with Gasteiger partial charge in [0, 0.05) is 12.1 Å². The molecule has 2 rings (SSSR count). The smallest absolute Gasteiger partial charge is 0.449 e. The van der Waals surface area contributed by atoms with Gasteiger partial charge in [0.15, 0.2) is 16.8 Å². The molecule has 0 aliphatic heterocycles. The van der Waals surface area contributed by atoms with E-state index >= 15 is 0 Å². The Kier molecular flexibility index (Phi) is 3.74. The summed E-state index contributed by atoms with van der Waals surface area (Å²) in [5.74, 6) is -3.58. The van der Waals surface area contributed by atoms with Gasteiger partial charge in [-0.15, -0.1) is 0 Å². The van der Waals surface area contributed by atoms with Gasteiger partial charge in [-0.05, 0) is 0 Å². The molecule has 118 valence electrons. The quantitative estimate of drug-likeness (QED) is 0.936. The zero-order valence-electron chi connectivity index (χ0n) is 11.3. The van der Waals surface area contributed by atoms with Crippen LogP contribution in [-0.4, -0.2) is 25.3 Å². The molecule has 0 fully saturated rings. The van der Waals surface area contributed by atoms with Crippen LogP contribution >= 0.6 is 0 Å². The third-order valence-electron chi connectivity index (χ3n) is 2.86. The largest absolute Gasteiger partial charge is 0.496 e. The fourth-order valence-corrected chi connectivity index (χ4v) is 1.95. The first-order valence-corrected chi connectivity index (χ1v) is 5.74. The average molecular weight is 318 g/mol. The highest BCUT2D eigenvalue weighted by atomic mass is 19.4. The van der Waals surface area contributed by atoms with Gasteiger partial charge >= 0.3 is 12.1 Å². The second kappa shape index (κ2) is 5.24. The van der Waals surface area contributed by atoms with E-state index < -0.39 is 39.9 Å². The number of hydrogen-bond acceptors (Lipinski definition) is 5. The molecule has 1 heterocycles. The standard InChI is InChI=1S/C13H9F3O6/c1-20-6-4-7(21-2)11-9(10(6)12(18)19)5(17)3-8(22-11)13(14,15)16/h3-4H,1-2H3,(H,18,19). The summed E-state index contributed by atoms with van der Waals surface area (Å²) >= 11 is 0. The molecular weight excluding hydrogens is 309 g/mol. The molecule has 0 radical (unpaired) electrons. The summed E-state index contributed by atoms with van der Waals surface area (Å²) < 4.78 is 52.5. The number of alkyl halides is 3. The van der Waals surface area contributed by atoms with Crippen molar-refractivity contribution in [1.82, 2.24) is 0 Å². The van der Waals surface area contributed by atoms with E-state index in [2.05, 4.69) is 4.42 Å². The zero-order valence-corrected chi connectivity index (χ0v) is 11.3. The molecule has 0 spiro atoms. The van der Waals surface area contributed by atoms with Crippen molar-refractivity contribution in [2.24, 2.45) is 0 Å². The van der Waals surface area contributed by atoms with Gasteiger partial charge in [-0.25, -0.2) is 4.79 Å². The van der Waals surface area contributed by atoms with Crippen molar-refractivity contribution in [3.05, 3.63) is 33.7 Å². The van der Waals surface area contributed by atoms with Crippen LogP contribution in [0.3, 0.4) is 0 Å². The van der Waals surface area contributed by atoms with E-state index in [1.54, 1.807) is 0 Å². The number of halogens is 3. The third-order valence-corrected chi connectivity index (χ3v) is 2.86. The molecule has 6 nitrogen and oxygen atoms in total. The van der Waals surface area contributed by atoms with Gasteiger partial charge in [-0.3, -0.25) is 4.79 Å². The summed E-state index contributed by atoms with van der Waals surface area (Å²) in [5.41, 5.74) is -2.37. The molecule has 22 heavy (non-hydrogen) atoms. The Hall–Kier alpha value is -2.71. The fraction of sp³-hybridized carbons (Fsp3) is 0.231. The van der Waals surface area contributed by atoms with E-state index in [1.165, 1.54) is 0 Å². The Balaban J connectivity index is 3.03. The second-order valence-corrected chi connectivity index (χ2v) is 4.14. The number of carboxylic acid groups (broad SMARTS) is 1. The van der Waals surface area contributed by atoms with Crippen molar-refractivity contribution in [3.63, 3.8) is 0 Å². The lowest BCUT2D eigenvalue weighted by atomic mass is 10.1. The van der Waals surface area contributed by atoms with Gasteiger partial charge in [0.05, 0.1) is 19.6 Å². The summed E-state index contributed by atoms with van der Waals surface area (Å²) in [4.78, 5) is 23.3. The highest BCUT2D eigenvalue weighted by Gasteiger charge is 2.36. The maximum atomic E-state index is 12.7. The van der Waals surface area contributed by atoms with Crippen LogP contribution < -0.4 is 14.9 Å². The maximum absolute atomic E-state index is 12.7. The number of carboxylic acids is 1. The molecule has 1 N–H and O–H groups in total. The van der Waals surface area contributed by atoms with Crippen molar-refractivity contribution >= 4 is 16.9 Å². The van der Waals surface area contributed by atoms with Crippen molar-refractivity contribution < 1.29 is 37.0 Å². The first-order chi connectivity index (χ1) is 10.2. The molecule has 0 aliphatic rings. The van der Waals surface area contributed by atoms with E-state index in [0.29, 0.717) is 0 Å². The van der Waals surface area contributed by atoms with Crippen molar-refractivity contribution in [2.75, 3.05) is 14.2 Å². The Morgan fingerprint density at radius 3 is 2.23 bits per heavy atom. The molecule has 0 unspecified atom stereocenters. The predicted molar refractivity (Wildman–Crippen MR) is 67.5 cm³/mol. The van der Waals surface area contributed by atoms with E-state index in [-0.39, 0.29) is 17.6 Å². The van der Waals surface area contributed by atoms with E-state index in [4.69, 9.17) is 9.47 Å². The highest BCUT2D eigenvalue weighted by molar-refractivity contribution is 6.06. The number of ether oxygens (including phenoxy) is 2. The number of rotatable bonds is 3. The Morgan fingerprint density at radius 1 is 1.18 bits per heavy atom. The molecular formula is C13H9F3O6. The zero-order chi connectivity index (χ0) is 16.7. The van der Waals surface area contributed by atoms with E-state index in [1.807, 2.05) is 0 Å². The van der Waals surface area contributed by atoms with Gasteiger partial charge in [-0.1, -0.05) is 0 Å². The average Bonchev–Trinajstić information content (AvgIpc) is 2.44. The number of carbonyl (C=O) groups is 1. The Bertz CT molecular complexity index is 806. The summed E-state index contributed by atoms with van der Waals surface area (Å²) in [6, 6.07) is 1.22. The SMILES string of the molecule is COc1cc(OC)c2oc(C(F)(F)F)cc(=O)c2c1C(=O)O. The van der Waals surface area contributed by atoms with E-state index in [0.717, 1.165) is 20.3 Å². The van der Waals surface area contributed by atoms with Crippen LogP contribution in [0.5, 0.6) is 11.5 Å². The Labute approximate surface area is 120 Å². The lowest BCUT2D eigenvalue weighted by molar-refractivity contribution is -0.152. The molecule has 9 heteroatoms. The molecule has 1 aromatic heterocycles. The third kappa shape index (κ3) is 2.45. The van der Waals surface area contributed by atoms with Crippen LogP contribution in [0.2, 0.25) is 0 Å². The first-order valence-electron chi connectivity index (χ1n) is 5.74. The van der Waals surface area contributed by atoms with Crippen LogP contribution in [0, 0.1) is 0 Å². The molecule has 0 atom stereocenters. The normalized spacial score (nSPS) is 11.5. The maximum Gasteiger partial charge on any atom is 0.449 e. The minimum Gasteiger partial charge on any atom is -0.496 e. The summed E-state index contributed by atoms with van der Waals surface area (Å²) in [7, 11) is 2.29. The van der Waals surface area contributed by atoms with Crippen molar-refractivity contribution in [2.45, 2.75) is 6.18 Å². The number of benzene rings is 1. The van der Waals surface area contributed by atoms with Crippen LogP contribution in [0.25, 0.3) is 11.0 Å². The minimum absolute atomic E-state index is 0.188. The summed E-state index contributed by atoms with van der Waals surface area (Å²) in [6.45, 7) is 0. The predicted octanol–water partition coefficient (Wildman–Crippen LogP) is 2.53. The fourth-order valence-electron chi connectivity index (χ4n) is 1.95. The molecule has 0 saturated heterocycles. The number of methoxy groups -OCH3 is 2. The molecule has 0 saturated carbocycles. The molecule has 0 amide bonds. The monoisotopic (exact) mass is 318 g/mol. The van der Waals surface area contributed by atoms with Gasteiger partial charge in [-0.2, -0.15) is 13.2 Å². The second-order valence-electron chi connectivity index (χ2n) is 4.14. The van der Waals surface area contributed by atoms with Gasteiger partial charge in [0.25, 0.3) is 0 Å². The molecule has 1 aromatic carbocycles. The molecule has 2 aromatic rings. The Morgan fingerprint density at radius 2 is 1.77 bits per heavy atom. The van der Waals surface area contributed by atoms with Gasteiger partial charge in [0.1, 0.15) is 11.3 Å². The van der Waals surface area contributed by atoms with Crippen LogP contribution in [0.4, 0.5) is 13.2 Å². The van der Waals surface area contributed by atoms with Crippen molar-refractivity contribution in [1.29, 1.82) is 0 Å². The van der Waals surface area contributed by atoms with Crippen molar-refractivity contribution in [3.8, 4) is 11.5 Å². The van der Waals surface area contributed by atoms with Crippen LogP contribution in [-0.2, 0) is 6.18 Å². The molecule has 0 aliphatic carbocycles. The first kappa shape index (κ1) is 15.7. The minimum atomic E-state index is -4.90. The van der Waals surface area contributed by atoms with Crippen LogP contribution in [0.1, 0.15) is 16.1 Å². The lowest BCUT2D eigenvalue weighted by Gasteiger charge is -2.13. The molecule has 0 bridgehead atoms. The number of hydrogen-bond donors (Lipinski definition) is 1. The van der Waals surface area contributed by atoms with Crippen LogP contribution in [0.15, 0.2) is 21.3 Å². The number of fused-ring (bicyclic) bond motifs is 1. The van der Waals surface area contributed by atoms with Gasteiger partial charge in [0.2, 0.25) is 5.76 Å².